The fourth-order valence-corrected chi connectivity index (χ4v) is 2.06. The lowest BCUT2D eigenvalue weighted by Gasteiger charge is -2.15. The molecule has 0 spiro atoms. The molecule has 0 amide bonds. The third-order valence-corrected chi connectivity index (χ3v) is 3.39. The molecule has 1 aromatic heterocycles. The van der Waals surface area contributed by atoms with E-state index in [0.29, 0.717) is 5.41 Å². The highest BCUT2D eigenvalue weighted by molar-refractivity contribution is 5.54. The van der Waals surface area contributed by atoms with Crippen LogP contribution in [0.3, 0.4) is 0 Å². The Hall–Kier alpha value is -1.29. The van der Waals surface area contributed by atoms with Crippen LogP contribution in [0.4, 0.5) is 11.4 Å². The van der Waals surface area contributed by atoms with Gasteiger partial charge in [-0.2, -0.15) is 0 Å². The van der Waals surface area contributed by atoms with Crippen molar-refractivity contribution in [3.63, 3.8) is 0 Å². The third-order valence-electron chi connectivity index (χ3n) is 3.39. The van der Waals surface area contributed by atoms with Gasteiger partial charge in [-0.1, -0.05) is 0 Å². The Kier molecular flexibility index (Phi) is 3.84. The first-order valence-electron chi connectivity index (χ1n) is 6.32. The number of rotatable bonds is 7. The molecule has 1 aliphatic carbocycles. The number of aliphatic hydroxyl groups is 1. The molecule has 0 unspecified atom stereocenters. The molecule has 4 nitrogen and oxygen atoms in total. The van der Waals surface area contributed by atoms with Gasteiger partial charge in [-0.05, 0) is 37.7 Å². The van der Waals surface area contributed by atoms with E-state index in [2.05, 4.69) is 28.6 Å². The summed E-state index contributed by atoms with van der Waals surface area (Å²) in [4.78, 5) is 4.20. The minimum absolute atomic E-state index is 0.289. The highest BCUT2D eigenvalue weighted by Gasteiger charge is 2.41. The minimum atomic E-state index is 0.289. The van der Waals surface area contributed by atoms with Crippen molar-refractivity contribution in [1.29, 1.82) is 0 Å². The van der Waals surface area contributed by atoms with Gasteiger partial charge in [0.1, 0.15) is 0 Å². The van der Waals surface area contributed by atoms with E-state index in [-0.39, 0.29) is 6.61 Å². The van der Waals surface area contributed by atoms with Crippen molar-refractivity contribution >= 4 is 11.4 Å². The van der Waals surface area contributed by atoms with Gasteiger partial charge in [0.05, 0.1) is 23.8 Å². The molecule has 1 aliphatic rings. The second-order valence-electron chi connectivity index (χ2n) is 4.82. The molecule has 1 aromatic rings. The standard InChI is InChI=1S/C13H21N3O/c1-2-15-11-7-12(9-14-8-11)16-10-13(3-4-13)5-6-17/h7-9,15-17H,2-6,10H2,1H3. The fourth-order valence-electron chi connectivity index (χ4n) is 2.06. The Balaban J connectivity index is 1.88. The molecule has 0 aliphatic heterocycles. The van der Waals surface area contributed by atoms with Crippen molar-refractivity contribution in [1.82, 2.24) is 4.98 Å². The van der Waals surface area contributed by atoms with Crippen LogP contribution in [0.2, 0.25) is 0 Å². The summed E-state index contributed by atoms with van der Waals surface area (Å²) in [6.07, 6.45) is 7.02. The molecular weight excluding hydrogens is 214 g/mol. The maximum atomic E-state index is 9.00. The van der Waals surface area contributed by atoms with Crippen LogP contribution in [0.1, 0.15) is 26.2 Å². The first-order chi connectivity index (χ1) is 8.28. The molecule has 17 heavy (non-hydrogen) atoms. The Morgan fingerprint density at radius 1 is 1.29 bits per heavy atom. The molecule has 0 aromatic carbocycles. The number of hydrogen-bond acceptors (Lipinski definition) is 4. The van der Waals surface area contributed by atoms with E-state index in [9.17, 15) is 0 Å². The zero-order valence-corrected chi connectivity index (χ0v) is 10.4. The molecule has 1 heterocycles. The monoisotopic (exact) mass is 235 g/mol. The molecule has 0 atom stereocenters. The largest absolute Gasteiger partial charge is 0.396 e. The molecular formula is C13H21N3O. The molecule has 94 valence electrons. The van der Waals surface area contributed by atoms with E-state index >= 15 is 0 Å². The summed E-state index contributed by atoms with van der Waals surface area (Å²) >= 11 is 0. The van der Waals surface area contributed by atoms with Crippen LogP contribution in [0, 0.1) is 5.41 Å². The predicted molar refractivity (Wildman–Crippen MR) is 70.3 cm³/mol. The number of aromatic nitrogens is 1. The van der Waals surface area contributed by atoms with Crippen LogP contribution in [0.15, 0.2) is 18.5 Å². The quantitative estimate of drug-likeness (QED) is 0.677. The van der Waals surface area contributed by atoms with Gasteiger partial charge >= 0.3 is 0 Å². The SMILES string of the molecule is CCNc1cncc(NCC2(CCO)CC2)c1. The summed E-state index contributed by atoms with van der Waals surface area (Å²) < 4.78 is 0. The van der Waals surface area contributed by atoms with E-state index in [1.807, 2.05) is 12.4 Å². The maximum absolute atomic E-state index is 9.00. The normalized spacial score (nSPS) is 16.6. The van der Waals surface area contributed by atoms with E-state index in [0.717, 1.165) is 30.9 Å². The van der Waals surface area contributed by atoms with Crippen LogP contribution in [-0.4, -0.2) is 29.8 Å². The molecule has 3 N–H and O–H groups in total. The molecule has 0 bridgehead atoms. The average Bonchev–Trinajstić information content (AvgIpc) is 3.09. The lowest BCUT2D eigenvalue weighted by atomic mass is 10.0. The van der Waals surface area contributed by atoms with Gasteiger partial charge in [0.15, 0.2) is 0 Å². The van der Waals surface area contributed by atoms with Gasteiger partial charge in [0.2, 0.25) is 0 Å². The van der Waals surface area contributed by atoms with Crippen molar-refractivity contribution in [2.24, 2.45) is 5.41 Å². The van der Waals surface area contributed by atoms with Crippen LogP contribution < -0.4 is 10.6 Å². The lowest BCUT2D eigenvalue weighted by Crippen LogP contribution is -2.17. The fraction of sp³-hybridized carbons (Fsp3) is 0.615. The number of pyridine rings is 1. The Morgan fingerprint density at radius 3 is 2.59 bits per heavy atom. The Labute approximate surface area is 102 Å². The van der Waals surface area contributed by atoms with Crippen molar-refractivity contribution in [3.05, 3.63) is 18.5 Å². The minimum Gasteiger partial charge on any atom is -0.396 e. The van der Waals surface area contributed by atoms with E-state index in [1.54, 1.807) is 0 Å². The maximum Gasteiger partial charge on any atom is 0.0547 e. The molecule has 1 saturated carbocycles. The van der Waals surface area contributed by atoms with Crippen LogP contribution in [0.25, 0.3) is 0 Å². The van der Waals surface area contributed by atoms with Crippen molar-refractivity contribution in [2.45, 2.75) is 26.2 Å². The Bertz CT molecular complexity index is 363. The van der Waals surface area contributed by atoms with E-state index < -0.39 is 0 Å². The first kappa shape index (κ1) is 12.2. The van der Waals surface area contributed by atoms with Gasteiger partial charge < -0.3 is 15.7 Å². The highest BCUT2D eigenvalue weighted by atomic mass is 16.3. The number of aliphatic hydroxyl groups excluding tert-OH is 1. The summed E-state index contributed by atoms with van der Waals surface area (Å²) in [5.74, 6) is 0. The Morgan fingerprint density at radius 2 is 2.00 bits per heavy atom. The van der Waals surface area contributed by atoms with Crippen molar-refractivity contribution < 1.29 is 5.11 Å². The number of nitrogens with zero attached hydrogens (tertiary/aromatic N) is 1. The zero-order valence-electron chi connectivity index (χ0n) is 10.4. The molecule has 4 heteroatoms. The molecule has 1 fully saturated rings. The van der Waals surface area contributed by atoms with Crippen LogP contribution in [0.5, 0.6) is 0 Å². The van der Waals surface area contributed by atoms with E-state index in [1.165, 1.54) is 12.8 Å². The van der Waals surface area contributed by atoms with Gasteiger partial charge in [-0.25, -0.2) is 0 Å². The summed E-state index contributed by atoms with van der Waals surface area (Å²) in [6, 6.07) is 2.07. The van der Waals surface area contributed by atoms with Gasteiger partial charge in [-0.15, -0.1) is 0 Å². The molecule has 0 radical (unpaired) electrons. The number of anilines is 2. The van der Waals surface area contributed by atoms with Crippen LogP contribution in [-0.2, 0) is 0 Å². The van der Waals surface area contributed by atoms with Crippen molar-refractivity contribution in [3.8, 4) is 0 Å². The van der Waals surface area contributed by atoms with Gasteiger partial charge in [0.25, 0.3) is 0 Å². The topological polar surface area (TPSA) is 57.2 Å². The summed E-state index contributed by atoms with van der Waals surface area (Å²) in [7, 11) is 0. The average molecular weight is 235 g/mol. The van der Waals surface area contributed by atoms with Crippen LogP contribution >= 0.6 is 0 Å². The summed E-state index contributed by atoms with van der Waals surface area (Å²) in [5.41, 5.74) is 2.43. The zero-order chi connectivity index (χ0) is 12.1. The first-order valence-corrected chi connectivity index (χ1v) is 6.32. The smallest absolute Gasteiger partial charge is 0.0547 e. The van der Waals surface area contributed by atoms with Crippen molar-refractivity contribution in [2.75, 3.05) is 30.3 Å². The predicted octanol–water partition coefficient (Wildman–Crippen LogP) is 2.09. The second-order valence-corrected chi connectivity index (χ2v) is 4.82. The summed E-state index contributed by atoms with van der Waals surface area (Å²) in [6.45, 7) is 4.20. The van der Waals surface area contributed by atoms with Gasteiger partial charge in [-0.3, -0.25) is 4.98 Å². The molecule has 2 rings (SSSR count). The molecule has 0 saturated heterocycles. The number of hydrogen-bond donors (Lipinski definition) is 3. The second kappa shape index (κ2) is 5.36. The van der Waals surface area contributed by atoms with Gasteiger partial charge in [0, 0.05) is 19.7 Å². The lowest BCUT2D eigenvalue weighted by molar-refractivity contribution is 0.253. The summed E-state index contributed by atoms with van der Waals surface area (Å²) in [5, 5.41) is 15.7. The number of nitrogens with one attached hydrogen (secondary N) is 2. The highest BCUT2D eigenvalue weighted by Crippen LogP contribution is 2.48. The third kappa shape index (κ3) is 3.33. The van der Waals surface area contributed by atoms with E-state index in [4.69, 9.17) is 5.11 Å².